The minimum absolute atomic E-state index is 0.00392. The Bertz CT molecular complexity index is 1020. The number of rotatable bonds is 6. The zero-order valence-electron chi connectivity index (χ0n) is 15.8. The number of hydrazone groups is 1. The van der Waals surface area contributed by atoms with E-state index in [1.807, 2.05) is 0 Å². The van der Waals surface area contributed by atoms with Crippen molar-refractivity contribution in [3.8, 4) is 5.75 Å². The van der Waals surface area contributed by atoms with Crippen LogP contribution in [0.3, 0.4) is 0 Å². The van der Waals surface area contributed by atoms with E-state index >= 15 is 0 Å². The molecule has 1 aliphatic rings. The third kappa shape index (κ3) is 4.16. The van der Waals surface area contributed by atoms with E-state index in [0.29, 0.717) is 11.3 Å². The van der Waals surface area contributed by atoms with Gasteiger partial charge in [-0.3, -0.25) is 4.79 Å². The molecule has 0 spiro atoms. The molecule has 8 nitrogen and oxygen atoms in total. The van der Waals surface area contributed by atoms with Crippen LogP contribution in [0, 0.1) is 0 Å². The third-order valence-corrected chi connectivity index (χ3v) is 4.11. The molecule has 2 aromatic rings. The van der Waals surface area contributed by atoms with Crippen molar-refractivity contribution in [3.05, 3.63) is 65.2 Å². The maximum absolute atomic E-state index is 13.0. The number of carboxylic acids is 1. The number of carboxylic acid groups (broad SMARTS) is 1. The summed E-state index contributed by atoms with van der Waals surface area (Å²) in [6.45, 7) is 1.77. The van der Waals surface area contributed by atoms with Gasteiger partial charge in [-0.1, -0.05) is 18.2 Å². The molecule has 2 aromatic carbocycles. The van der Waals surface area contributed by atoms with E-state index in [9.17, 15) is 19.5 Å². The molecule has 0 radical (unpaired) electrons. The van der Waals surface area contributed by atoms with E-state index in [2.05, 4.69) is 5.10 Å². The highest BCUT2D eigenvalue weighted by Crippen LogP contribution is 2.27. The summed E-state index contributed by atoms with van der Waals surface area (Å²) < 4.78 is 10.1. The number of methoxy groups -OCH3 is 1. The standard InChI is InChI=1S/C21H18N2O6/c1-3-29-21(27)18-17(11-13-7-9-16(28-2)10-8-13)19(24)23(22-18)15-6-4-5-14(12-15)20(25)26/h4-12H,3H2,1-2H3,(H,25,26)/b17-11+. The fourth-order valence-electron chi connectivity index (χ4n) is 2.71. The van der Waals surface area contributed by atoms with Gasteiger partial charge in [-0.25, -0.2) is 9.59 Å². The van der Waals surface area contributed by atoms with Crippen LogP contribution >= 0.6 is 0 Å². The minimum Gasteiger partial charge on any atom is -0.497 e. The molecule has 0 saturated carbocycles. The molecular formula is C21H18N2O6. The lowest BCUT2D eigenvalue weighted by Crippen LogP contribution is -2.23. The molecule has 0 bridgehead atoms. The van der Waals surface area contributed by atoms with E-state index in [1.54, 1.807) is 38.3 Å². The number of aromatic carboxylic acids is 1. The van der Waals surface area contributed by atoms with Gasteiger partial charge in [0.2, 0.25) is 0 Å². The molecule has 3 rings (SSSR count). The number of hydrogen-bond acceptors (Lipinski definition) is 6. The largest absolute Gasteiger partial charge is 0.497 e. The van der Waals surface area contributed by atoms with Crippen LogP contribution < -0.4 is 9.75 Å². The fraction of sp³-hybridized carbons (Fsp3) is 0.143. The van der Waals surface area contributed by atoms with E-state index in [4.69, 9.17) is 9.47 Å². The van der Waals surface area contributed by atoms with Gasteiger partial charge in [0.1, 0.15) is 5.75 Å². The molecule has 0 saturated heterocycles. The molecule has 0 fully saturated rings. The molecule has 1 amide bonds. The zero-order valence-corrected chi connectivity index (χ0v) is 15.8. The Morgan fingerprint density at radius 1 is 1.17 bits per heavy atom. The molecule has 148 valence electrons. The average Bonchev–Trinajstić information content (AvgIpc) is 3.05. The number of amides is 1. The summed E-state index contributed by atoms with van der Waals surface area (Å²) in [7, 11) is 1.54. The first-order valence-corrected chi connectivity index (χ1v) is 8.74. The first-order valence-electron chi connectivity index (χ1n) is 8.74. The molecule has 1 heterocycles. The predicted octanol–water partition coefficient (Wildman–Crippen LogP) is 2.74. The molecular weight excluding hydrogens is 376 g/mol. The van der Waals surface area contributed by atoms with Gasteiger partial charge >= 0.3 is 11.9 Å². The van der Waals surface area contributed by atoms with Crippen molar-refractivity contribution in [2.75, 3.05) is 18.7 Å². The molecule has 0 aromatic heterocycles. The van der Waals surface area contributed by atoms with Gasteiger partial charge in [0.05, 0.1) is 30.5 Å². The second-order valence-electron chi connectivity index (χ2n) is 5.97. The van der Waals surface area contributed by atoms with Crippen molar-refractivity contribution < 1.29 is 29.0 Å². The zero-order chi connectivity index (χ0) is 21.0. The predicted molar refractivity (Wildman–Crippen MR) is 106 cm³/mol. The molecule has 8 heteroatoms. The van der Waals surface area contributed by atoms with E-state index in [-0.39, 0.29) is 29.1 Å². The van der Waals surface area contributed by atoms with Crippen LogP contribution in [0.1, 0.15) is 22.8 Å². The SMILES string of the molecule is CCOC(=O)C1=NN(c2cccc(C(=O)O)c2)C(=O)/C1=C/c1ccc(OC)cc1. The Morgan fingerprint density at radius 2 is 1.90 bits per heavy atom. The average molecular weight is 394 g/mol. The van der Waals surface area contributed by atoms with Crippen molar-refractivity contribution in [2.45, 2.75) is 6.92 Å². The van der Waals surface area contributed by atoms with Gasteiger partial charge in [-0.2, -0.15) is 10.1 Å². The minimum atomic E-state index is -1.14. The third-order valence-electron chi connectivity index (χ3n) is 4.11. The summed E-state index contributed by atoms with van der Waals surface area (Å²) in [6, 6.07) is 12.6. The van der Waals surface area contributed by atoms with Crippen LogP contribution in [0.15, 0.2) is 59.2 Å². The van der Waals surface area contributed by atoms with Gasteiger partial charge in [0.15, 0.2) is 5.71 Å². The van der Waals surface area contributed by atoms with Gasteiger partial charge in [-0.15, -0.1) is 0 Å². The summed E-state index contributed by atoms with van der Waals surface area (Å²) in [5.74, 6) is -1.79. The lowest BCUT2D eigenvalue weighted by molar-refractivity contribution is -0.135. The highest BCUT2D eigenvalue weighted by atomic mass is 16.5. The van der Waals surface area contributed by atoms with E-state index in [0.717, 1.165) is 5.01 Å². The Balaban J connectivity index is 2.03. The maximum Gasteiger partial charge on any atom is 0.359 e. The Labute approximate surface area is 166 Å². The topological polar surface area (TPSA) is 106 Å². The molecule has 29 heavy (non-hydrogen) atoms. The van der Waals surface area contributed by atoms with Gasteiger partial charge < -0.3 is 14.6 Å². The first-order chi connectivity index (χ1) is 13.9. The van der Waals surface area contributed by atoms with Crippen LogP contribution in [-0.2, 0) is 14.3 Å². The number of nitrogens with zero attached hydrogens (tertiary/aromatic N) is 2. The summed E-state index contributed by atoms with van der Waals surface area (Å²) in [5.41, 5.74) is 0.792. The van der Waals surface area contributed by atoms with Crippen LogP contribution in [0.25, 0.3) is 6.08 Å². The number of carbonyl (C=O) groups excluding carboxylic acids is 2. The van der Waals surface area contributed by atoms with Crippen molar-refractivity contribution in [2.24, 2.45) is 5.10 Å². The number of esters is 1. The van der Waals surface area contributed by atoms with E-state index < -0.39 is 17.8 Å². The van der Waals surface area contributed by atoms with E-state index in [1.165, 1.54) is 30.3 Å². The van der Waals surface area contributed by atoms with Crippen molar-refractivity contribution in [3.63, 3.8) is 0 Å². The van der Waals surface area contributed by atoms with Crippen LogP contribution in [0.5, 0.6) is 5.75 Å². The van der Waals surface area contributed by atoms with Crippen LogP contribution in [-0.4, -0.2) is 42.4 Å². The highest BCUT2D eigenvalue weighted by Gasteiger charge is 2.36. The smallest absolute Gasteiger partial charge is 0.359 e. The number of anilines is 1. The van der Waals surface area contributed by atoms with Gasteiger partial charge in [-0.05, 0) is 48.9 Å². The first kappa shape index (κ1) is 19.8. The highest BCUT2D eigenvalue weighted by molar-refractivity contribution is 6.54. The number of benzene rings is 2. The maximum atomic E-state index is 13.0. The summed E-state index contributed by atoms with van der Waals surface area (Å²) >= 11 is 0. The number of hydrogen-bond donors (Lipinski definition) is 1. The molecule has 0 aliphatic carbocycles. The summed E-state index contributed by atoms with van der Waals surface area (Å²) in [6.07, 6.45) is 1.53. The van der Waals surface area contributed by atoms with Crippen molar-refractivity contribution in [1.82, 2.24) is 0 Å². The second kappa shape index (κ2) is 8.39. The second-order valence-corrected chi connectivity index (χ2v) is 5.97. The van der Waals surface area contributed by atoms with Crippen LogP contribution in [0.4, 0.5) is 5.69 Å². The lowest BCUT2D eigenvalue weighted by atomic mass is 10.1. The fourth-order valence-corrected chi connectivity index (χ4v) is 2.71. The van der Waals surface area contributed by atoms with Gasteiger partial charge in [0, 0.05) is 0 Å². The normalized spacial score (nSPS) is 14.7. The summed E-state index contributed by atoms with van der Waals surface area (Å²) in [5, 5.41) is 14.3. The molecule has 0 atom stereocenters. The Kier molecular flexibility index (Phi) is 5.73. The summed E-state index contributed by atoms with van der Waals surface area (Å²) in [4.78, 5) is 36.6. The van der Waals surface area contributed by atoms with Crippen molar-refractivity contribution >= 4 is 35.3 Å². The molecule has 1 aliphatic heterocycles. The molecule has 0 unspecified atom stereocenters. The monoisotopic (exact) mass is 394 g/mol. The Morgan fingerprint density at radius 3 is 2.52 bits per heavy atom. The molecule has 1 N–H and O–H groups in total. The number of ether oxygens (including phenoxy) is 2. The Hall–Kier alpha value is -3.94. The number of carbonyl (C=O) groups is 3. The van der Waals surface area contributed by atoms with Crippen molar-refractivity contribution in [1.29, 1.82) is 0 Å². The lowest BCUT2D eigenvalue weighted by Gasteiger charge is -2.12. The van der Waals surface area contributed by atoms with Crippen LogP contribution in [0.2, 0.25) is 0 Å². The van der Waals surface area contributed by atoms with Gasteiger partial charge in [0.25, 0.3) is 5.91 Å². The quantitative estimate of drug-likeness (QED) is 0.597.